The van der Waals surface area contributed by atoms with Crippen LogP contribution in [0.5, 0.6) is 5.75 Å². The minimum absolute atomic E-state index is 0.836. The SMILES string of the molecule is ClC1=C(/C=C/c2cccc3[o+]c(-c4ccccc4)ccc23)CCC/C1=C\C=C1/C=C(c2ccccc2)Oc2ccccc21. The third-order valence-electron chi connectivity index (χ3n) is 7.93. The van der Waals surface area contributed by atoms with Gasteiger partial charge in [-0.1, -0.05) is 115 Å². The fourth-order valence-corrected chi connectivity index (χ4v) is 5.99. The summed E-state index contributed by atoms with van der Waals surface area (Å²) in [5.74, 6) is 2.56. The summed E-state index contributed by atoms with van der Waals surface area (Å²) in [5, 5.41) is 1.91. The Hall–Kier alpha value is -4.92. The Kier molecular flexibility index (Phi) is 7.60. The summed E-state index contributed by atoms with van der Waals surface area (Å²) in [4.78, 5) is 0. The van der Waals surface area contributed by atoms with Crippen molar-refractivity contribution in [3.05, 3.63) is 172 Å². The second kappa shape index (κ2) is 12.1. The molecule has 5 aromatic rings. The van der Waals surface area contributed by atoms with Crippen LogP contribution in [-0.4, -0.2) is 0 Å². The molecule has 0 fully saturated rings. The summed E-state index contributed by atoms with van der Waals surface area (Å²) < 4.78 is 12.5. The number of halogens is 1. The topological polar surface area (TPSA) is 20.5 Å². The monoisotopic (exact) mass is 577 g/mol. The lowest BCUT2D eigenvalue weighted by Gasteiger charge is -2.21. The number of ether oxygens (including phenoxy) is 1. The molecule has 2 nitrogen and oxygen atoms in total. The molecular weight excluding hydrogens is 548 g/mol. The van der Waals surface area contributed by atoms with Crippen molar-refractivity contribution >= 4 is 40.0 Å². The van der Waals surface area contributed by atoms with Gasteiger partial charge in [-0.25, -0.2) is 4.42 Å². The Morgan fingerprint density at radius 3 is 2.28 bits per heavy atom. The Morgan fingerprint density at radius 1 is 0.674 bits per heavy atom. The molecular formula is C40H30ClO2+. The van der Waals surface area contributed by atoms with E-state index in [2.05, 4.69) is 72.8 Å². The third kappa shape index (κ3) is 5.75. The molecule has 0 unspecified atom stereocenters. The molecule has 1 aliphatic heterocycles. The Labute approximate surface area is 257 Å². The Bertz CT molecular complexity index is 1960. The van der Waals surface area contributed by atoms with Crippen LogP contribution >= 0.6 is 11.6 Å². The molecule has 0 amide bonds. The Morgan fingerprint density at radius 2 is 1.44 bits per heavy atom. The van der Waals surface area contributed by atoms with Crippen LogP contribution in [0.2, 0.25) is 0 Å². The molecule has 7 rings (SSSR count). The molecule has 1 aromatic heterocycles. The highest BCUT2D eigenvalue weighted by Gasteiger charge is 2.19. The molecule has 0 atom stereocenters. The first-order valence-corrected chi connectivity index (χ1v) is 15.0. The lowest BCUT2D eigenvalue weighted by molar-refractivity contribution is 0.509. The number of hydrogen-bond donors (Lipinski definition) is 0. The first-order chi connectivity index (χ1) is 21.2. The van der Waals surface area contributed by atoms with Crippen molar-refractivity contribution in [3.63, 3.8) is 0 Å². The van der Waals surface area contributed by atoms with Gasteiger partial charge in [-0.3, -0.25) is 0 Å². The second-order valence-electron chi connectivity index (χ2n) is 10.7. The van der Waals surface area contributed by atoms with Crippen molar-refractivity contribution in [1.82, 2.24) is 0 Å². The molecule has 43 heavy (non-hydrogen) atoms. The van der Waals surface area contributed by atoms with E-state index in [1.807, 2.05) is 72.8 Å². The average Bonchev–Trinajstić information content (AvgIpc) is 3.07. The lowest BCUT2D eigenvalue weighted by Crippen LogP contribution is -2.03. The molecule has 0 saturated carbocycles. The first kappa shape index (κ1) is 26.9. The van der Waals surface area contributed by atoms with Crippen LogP contribution < -0.4 is 4.74 Å². The van der Waals surface area contributed by atoms with Gasteiger partial charge in [-0.05, 0) is 71.9 Å². The normalized spacial score (nSPS) is 16.9. The molecule has 3 heteroatoms. The minimum Gasteiger partial charge on any atom is -0.456 e. The smallest absolute Gasteiger partial charge is 0.361 e. The van der Waals surface area contributed by atoms with Crippen molar-refractivity contribution in [2.24, 2.45) is 0 Å². The van der Waals surface area contributed by atoms with E-state index >= 15 is 0 Å². The summed E-state index contributed by atoms with van der Waals surface area (Å²) in [5.41, 5.74) is 8.57. The van der Waals surface area contributed by atoms with Crippen LogP contribution in [0, 0.1) is 0 Å². The van der Waals surface area contributed by atoms with Gasteiger partial charge < -0.3 is 4.74 Å². The zero-order valence-electron chi connectivity index (χ0n) is 23.7. The van der Waals surface area contributed by atoms with E-state index in [4.69, 9.17) is 20.8 Å². The van der Waals surface area contributed by atoms with E-state index in [-0.39, 0.29) is 0 Å². The molecule has 1 aliphatic carbocycles. The quantitative estimate of drug-likeness (QED) is 0.194. The maximum absolute atomic E-state index is 7.04. The number of para-hydroxylation sites is 1. The maximum atomic E-state index is 7.04. The lowest BCUT2D eigenvalue weighted by atomic mass is 9.92. The van der Waals surface area contributed by atoms with Gasteiger partial charge in [0.2, 0.25) is 0 Å². The van der Waals surface area contributed by atoms with Gasteiger partial charge in [-0.2, -0.15) is 0 Å². The fourth-order valence-electron chi connectivity index (χ4n) is 5.68. The molecule has 0 radical (unpaired) electrons. The van der Waals surface area contributed by atoms with Crippen molar-refractivity contribution in [2.75, 3.05) is 0 Å². The molecule has 2 aliphatic rings. The van der Waals surface area contributed by atoms with Crippen LogP contribution in [0.3, 0.4) is 0 Å². The summed E-state index contributed by atoms with van der Waals surface area (Å²) in [6.07, 6.45) is 13.7. The van der Waals surface area contributed by atoms with E-state index in [9.17, 15) is 0 Å². The number of fused-ring (bicyclic) bond motifs is 2. The van der Waals surface area contributed by atoms with Gasteiger partial charge in [0.05, 0.1) is 10.9 Å². The van der Waals surface area contributed by atoms with E-state index in [1.54, 1.807) is 0 Å². The van der Waals surface area contributed by atoms with Crippen LogP contribution in [0.4, 0.5) is 0 Å². The third-order valence-corrected chi connectivity index (χ3v) is 8.41. The van der Waals surface area contributed by atoms with Crippen LogP contribution in [0.15, 0.2) is 160 Å². The van der Waals surface area contributed by atoms with Crippen molar-refractivity contribution in [3.8, 4) is 17.1 Å². The first-order valence-electron chi connectivity index (χ1n) is 14.7. The van der Waals surface area contributed by atoms with Gasteiger partial charge in [0.15, 0.2) is 0 Å². The Balaban J connectivity index is 1.19. The number of allylic oxidation sites excluding steroid dienone is 8. The molecule has 0 N–H and O–H groups in total. The second-order valence-corrected chi connectivity index (χ2v) is 11.1. The molecule has 208 valence electrons. The summed E-state index contributed by atoms with van der Waals surface area (Å²) >= 11 is 7.04. The van der Waals surface area contributed by atoms with Gasteiger partial charge in [0.1, 0.15) is 11.5 Å². The molecule has 0 spiro atoms. The molecule has 2 heterocycles. The predicted octanol–water partition coefficient (Wildman–Crippen LogP) is 11.5. The number of benzene rings is 4. The zero-order valence-corrected chi connectivity index (χ0v) is 24.4. The number of rotatable bonds is 5. The van der Waals surface area contributed by atoms with E-state index < -0.39 is 0 Å². The fraction of sp³-hybridized carbons (Fsp3) is 0.0750. The summed E-state index contributed by atoms with van der Waals surface area (Å²) in [7, 11) is 0. The highest BCUT2D eigenvalue weighted by molar-refractivity contribution is 6.32. The van der Waals surface area contributed by atoms with E-state index in [1.165, 1.54) is 0 Å². The predicted molar refractivity (Wildman–Crippen MR) is 179 cm³/mol. The van der Waals surface area contributed by atoms with Crippen molar-refractivity contribution < 1.29 is 9.15 Å². The minimum atomic E-state index is 0.836. The number of hydrogen-bond acceptors (Lipinski definition) is 1. The van der Waals surface area contributed by atoms with E-state index in [0.717, 1.165) is 91.5 Å². The van der Waals surface area contributed by atoms with Crippen molar-refractivity contribution in [2.45, 2.75) is 19.3 Å². The highest BCUT2D eigenvalue weighted by Crippen LogP contribution is 2.38. The van der Waals surface area contributed by atoms with Gasteiger partial charge in [0.25, 0.3) is 0 Å². The van der Waals surface area contributed by atoms with Crippen LogP contribution in [0.1, 0.15) is 36.0 Å². The average molecular weight is 578 g/mol. The molecule has 0 saturated heterocycles. The molecule has 4 aromatic carbocycles. The van der Waals surface area contributed by atoms with Crippen LogP contribution in [-0.2, 0) is 0 Å². The summed E-state index contributed by atoms with van der Waals surface area (Å²) in [6.45, 7) is 0. The van der Waals surface area contributed by atoms with Gasteiger partial charge in [0, 0.05) is 28.3 Å². The standard InChI is InChI=1S/C40H30ClO2/c41-40-31(22-21-28-15-10-20-38-35(28)25-26-36(42-38)29-11-3-1-4-12-29)16-9-17-32(40)23-24-33-27-39(30-13-5-2-6-14-30)43-37-19-8-7-18-34(33)37/h1-8,10-15,18-27H,9,16-17H2/q+1. The van der Waals surface area contributed by atoms with Gasteiger partial charge >= 0.3 is 11.3 Å². The van der Waals surface area contributed by atoms with Crippen molar-refractivity contribution in [1.29, 1.82) is 0 Å². The highest BCUT2D eigenvalue weighted by atomic mass is 35.5. The maximum Gasteiger partial charge on any atom is 0.361 e. The summed E-state index contributed by atoms with van der Waals surface area (Å²) in [6, 6.07) is 38.9. The van der Waals surface area contributed by atoms with E-state index in [0.29, 0.717) is 0 Å². The largest absolute Gasteiger partial charge is 0.456 e. The van der Waals surface area contributed by atoms with Crippen LogP contribution in [0.25, 0.3) is 39.7 Å². The van der Waals surface area contributed by atoms with Gasteiger partial charge in [-0.15, -0.1) is 0 Å². The zero-order chi connectivity index (χ0) is 29.0. The molecule has 0 bridgehead atoms.